The molecule has 2 aliphatic carbocycles. The van der Waals surface area contributed by atoms with Crippen LogP contribution in [-0.2, 0) is 9.09 Å². The first-order valence-electron chi connectivity index (χ1n) is 3.43. The SMILES string of the molecule is CCOP=O.c1cc2ccc1-2. The summed E-state index contributed by atoms with van der Waals surface area (Å²) in [7, 11) is -0.220. The normalized spacial score (nSPS) is 10.3. The molecule has 2 nitrogen and oxygen atoms in total. The molecular weight excluding hydrogens is 159 g/mol. The lowest BCUT2D eigenvalue weighted by atomic mass is 9.95. The quantitative estimate of drug-likeness (QED) is 0.644. The van der Waals surface area contributed by atoms with Gasteiger partial charge in [-0.2, -0.15) is 0 Å². The standard InChI is InChI=1S/C6H4.C2H5O2P/c1-2-6-4-3-5(1)6;1-2-4-5-3/h1-4H;2H2,1H3. The van der Waals surface area contributed by atoms with Gasteiger partial charge in [-0.05, 0) is 18.1 Å². The molecule has 0 saturated heterocycles. The van der Waals surface area contributed by atoms with E-state index in [0.29, 0.717) is 6.61 Å². The molecule has 0 amide bonds. The minimum atomic E-state index is -0.220. The van der Waals surface area contributed by atoms with Crippen molar-refractivity contribution in [2.75, 3.05) is 6.61 Å². The van der Waals surface area contributed by atoms with Gasteiger partial charge in [0.05, 0.1) is 6.61 Å². The van der Waals surface area contributed by atoms with Gasteiger partial charge in [0.1, 0.15) is 0 Å². The lowest BCUT2D eigenvalue weighted by molar-refractivity contribution is 0.365. The van der Waals surface area contributed by atoms with Gasteiger partial charge in [0.15, 0.2) is 0 Å². The highest BCUT2D eigenvalue weighted by Crippen LogP contribution is 2.29. The fourth-order valence-electron chi connectivity index (χ4n) is 0.715. The van der Waals surface area contributed by atoms with Crippen molar-refractivity contribution in [1.82, 2.24) is 0 Å². The van der Waals surface area contributed by atoms with Crippen LogP contribution in [0.3, 0.4) is 0 Å². The van der Waals surface area contributed by atoms with Crippen LogP contribution in [0.2, 0.25) is 0 Å². The fraction of sp³-hybridized carbons (Fsp3) is 0.250. The Labute approximate surface area is 67.5 Å². The van der Waals surface area contributed by atoms with Crippen LogP contribution < -0.4 is 0 Å². The van der Waals surface area contributed by atoms with E-state index in [9.17, 15) is 4.57 Å². The average Bonchev–Trinajstić information content (AvgIpc) is 2.00. The highest BCUT2D eigenvalue weighted by atomic mass is 31.1. The van der Waals surface area contributed by atoms with E-state index in [-0.39, 0.29) is 8.69 Å². The number of rotatable bonds is 2. The summed E-state index contributed by atoms with van der Waals surface area (Å²) in [5, 5.41) is 0. The molecular formula is C8H9O2P. The van der Waals surface area contributed by atoms with Crippen LogP contribution in [0, 0.1) is 0 Å². The van der Waals surface area contributed by atoms with Gasteiger partial charge in [0.25, 0.3) is 0 Å². The largest absolute Gasteiger partial charge is 0.327 e. The van der Waals surface area contributed by atoms with Gasteiger partial charge >= 0.3 is 8.69 Å². The molecule has 0 aromatic rings. The molecule has 0 heterocycles. The maximum Gasteiger partial charge on any atom is 0.327 e. The molecule has 0 aromatic carbocycles. The Kier molecular flexibility index (Phi) is 3.21. The lowest BCUT2D eigenvalue weighted by Gasteiger charge is -2.10. The van der Waals surface area contributed by atoms with E-state index in [1.54, 1.807) is 6.92 Å². The zero-order valence-corrected chi connectivity index (χ0v) is 7.17. The first kappa shape index (κ1) is 8.38. The monoisotopic (exact) mass is 168 g/mol. The van der Waals surface area contributed by atoms with Crippen molar-refractivity contribution in [2.45, 2.75) is 6.92 Å². The first-order chi connectivity index (χ1) is 5.38. The Morgan fingerprint density at radius 3 is 1.73 bits per heavy atom. The summed E-state index contributed by atoms with van der Waals surface area (Å²) < 4.78 is 13.5. The summed E-state index contributed by atoms with van der Waals surface area (Å²) in [6, 6.07) is 8.48. The topological polar surface area (TPSA) is 26.3 Å². The zero-order valence-electron chi connectivity index (χ0n) is 6.28. The third-order valence-corrected chi connectivity index (χ3v) is 1.76. The highest BCUT2D eigenvalue weighted by Gasteiger charge is 2.03. The van der Waals surface area contributed by atoms with E-state index in [1.807, 2.05) is 0 Å². The molecule has 58 valence electrons. The molecule has 0 radical (unpaired) electrons. The third-order valence-electron chi connectivity index (χ3n) is 1.40. The molecule has 11 heavy (non-hydrogen) atoms. The van der Waals surface area contributed by atoms with Gasteiger partial charge < -0.3 is 0 Å². The summed E-state index contributed by atoms with van der Waals surface area (Å²) >= 11 is 0. The maximum absolute atomic E-state index is 9.28. The van der Waals surface area contributed by atoms with Crippen molar-refractivity contribution in [3.63, 3.8) is 0 Å². The van der Waals surface area contributed by atoms with Gasteiger partial charge in [-0.3, -0.25) is 4.52 Å². The lowest BCUT2D eigenvalue weighted by Crippen LogP contribution is -1.85. The first-order valence-corrected chi connectivity index (χ1v) is 4.16. The predicted molar refractivity (Wildman–Crippen MR) is 44.7 cm³/mol. The van der Waals surface area contributed by atoms with Crippen LogP contribution in [0.4, 0.5) is 0 Å². The van der Waals surface area contributed by atoms with Crippen molar-refractivity contribution in [3.05, 3.63) is 24.3 Å². The average molecular weight is 168 g/mol. The molecule has 0 atom stereocenters. The number of hydrogen-bond donors (Lipinski definition) is 0. The highest BCUT2D eigenvalue weighted by molar-refractivity contribution is 7.17. The fourth-order valence-corrected chi connectivity index (χ4v) is 0.821. The summed E-state index contributed by atoms with van der Waals surface area (Å²) in [4.78, 5) is 0. The predicted octanol–water partition coefficient (Wildman–Crippen LogP) is 2.90. The van der Waals surface area contributed by atoms with Crippen LogP contribution in [-0.4, -0.2) is 6.61 Å². The van der Waals surface area contributed by atoms with Crippen LogP contribution >= 0.6 is 8.69 Å². The molecule has 0 bridgehead atoms. The number of hydrogen-bond acceptors (Lipinski definition) is 2. The Hall–Kier alpha value is -0.720. The molecule has 0 aliphatic heterocycles. The van der Waals surface area contributed by atoms with Gasteiger partial charge in [0, 0.05) is 0 Å². The molecule has 3 heteroatoms. The van der Waals surface area contributed by atoms with Crippen molar-refractivity contribution >= 4 is 8.69 Å². The molecule has 0 aromatic heterocycles. The summed E-state index contributed by atoms with van der Waals surface area (Å²) in [6.45, 7) is 2.30. The minimum absolute atomic E-state index is 0.220. The van der Waals surface area contributed by atoms with Crippen LogP contribution in [0.15, 0.2) is 24.3 Å². The van der Waals surface area contributed by atoms with E-state index < -0.39 is 0 Å². The van der Waals surface area contributed by atoms with Crippen LogP contribution in [0.25, 0.3) is 11.1 Å². The minimum Gasteiger partial charge on any atom is -0.295 e. The van der Waals surface area contributed by atoms with Crippen LogP contribution in [0.5, 0.6) is 0 Å². The second kappa shape index (κ2) is 4.22. The van der Waals surface area contributed by atoms with E-state index in [0.717, 1.165) is 0 Å². The van der Waals surface area contributed by atoms with E-state index in [2.05, 4.69) is 28.8 Å². The molecule has 0 saturated carbocycles. The summed E-state index contributed by atoms with van der Waals surface area (Å²) in [5.41, 5.74) is 2.85. The number of benzene rings is 1. The van der Waals surface area contributed by atoms with Crippen molar-refractivity contribution < 1.29 is 9.09 Å². The number of fused-ring (bicyclic) bond motifs is 1. The molecule has 0 spiro atoms. The molecule has 2 aliphatic rings. The molecule has 0 fully saturated rings. The molecule has 2 rings (SSSR count). The Bertz CT molecular complexity index is 209. The smallest absolute Gasteiger partial charge is 0.295 e. The second-order valence-electron chi connectivity index (χ2n) is 2.07. The van der Waals surface area contributed by atoms with Crippen molar-refractivity contribution in [1.29, 1.82) is 0 Å². The van der Waals surface area contributed by atoms with E-state index in [4.69, 9.17) is 0 Å². The van der Waals surface area contributed by atoms with Crippen LogP contribution in [0.1, 0.15) is 6.92 Å². The Morgan fingerprint density at radius 1 is 1.27 bits per heavy atom. The van der Waals surface area contributed by atoms with Crippen molar-refractivity contribution in [3.8, 4) is 11.1 Å². The Morgan fingerprint density at radius 2 is 1.73 bits per heavy atom. The molecule has 0 unspecified atom stereocenters. The summed E-state index contributed by atoms with van der Waals surface area (Å²) in [6.07, 6.45) is 0. The van der Waals surface area contributed by atoms with Gasteiger partial charge in [-0.25, -0.2) is 4.57 Å². The van der Waals surface area contributed by atoms with E-state index in [1.165, 1.54) is 11.1 Å². The zero-order chi connectivity index (χ0) is 8.10. The van der Waals surface area contributed by atoms with E-state index >= 15 is 0 Å². The van der Waals surface area contributed by atoms with Gasteiger partial charge in [-0.1, -0.05) is 24.3 Å². The molecule has 0 N–H and O–H groups in total. The van der Waals surface area contributed by atoms with Crippen molar-refractivity contribution in [2.24, 2.45) is 0 Å². The Balaban J connectivity index is 0.000000114. The van der Waals surface area contributed by atoms with Gasteiger partial charge in [0.2, 0.25) is 0 Å². The second-order valence-corrected chi connectivity index (χ2v) is 2.48. The third kappa shape index (κ3) is 2.11. The summed E-state index contributed by atoms with van der Waals surface area (Å²) in [5.74, 6) is 0. The maximum atomic E-state index is 9.28. The van der Waals surface area contributed by atoms with Gasteiger partial charge in [-0.15, -0.1) is 0 Å².